The fourth-order valence-electron chi connectivity index (χ4n) is 6.79. The first-order valence-corrected chi connectivity index (χ1v) is 19.2. The number of benzene rings is 2. The van der Waals surface area contributed by atoms with Crippen LogP contribution in [0.4, 0.5) is 9.59 Å². The molecule has 17 heteroatoms. The second kappa shape index (κ2) is 18.7. The van der Waals surface area contributed by atoms with Gasteiger partial charge in [-0.1, -0.05) is 11.6 Å². The number of amides is 4. The second-order valence-corrected chi connectivity index (χ2v) is 15.0. The van der Waals surface area contributed by atoms with Crippen molar-refractivity contribution in [2.75, 3.05) is 65.7 Å². The van der Waals surface area contributed by atoms with E-state index in [1.807, 2.05) is 6.07 Å². The van der Waals surface area contributed by atoms with Crippen LogP contribution in [-0.2, 0) is 25.9 Å². The highest BCUT2D eigenvalue weighted by atomic mass is 35.5. The number of halogens is 1. The van der Waals surface area contributed by atoms with Crippen molar-refractivity contribution < 1.29 is 32.2 Å². The van der Waals surface area contributed by atoms with Crippen LogP contribution in [0.3, 0.4) is 0 Å². The summed E-state index contributed by atoms with van der Waals surface area (Å²) in [7, 11) is -3.78. The quantitative estimate of drug-likeness (QED) is 0.137. The zero-order chi connectivity index (χ0) is 36.2. The fraction of sp³-hybridized carbons (Fsp3) is 0.559. The van der Waals surface area contributed by atoms with E-state index in [-0.39, 0.29) is 54.9 Å². The van der Waals surface area contributed by atoms with Crippen LogP contribution in [0.25, 0.3) is 0 Å². The van der Waals surface area contributed by atoms with Crippen molar-refractivity contribution >= 4 is 33.7 Å². The number of hydrogen-bond acceptors (Lipinski definition) is 10. The lowest BCUT2D eigenvalue weighted by molar-refractivity contribution is 0.0516. The van der Waals surface area contributed by atoms with Crippen LogP contribution in [-0.4, -0.2) is 109 Å². The highest BCUT2D eigenvalue weighted by Crippen LogP contribution is 2.41. The van der Waals surface area contributed by atoms with Crippen molar-refractivity contribution in [3.8, 4) is 11.8 Å². The van der Waals surface area contributed by atoms with Crippen LogP contribution in [0.5, 0.6) is 5.75 Å². The Kier molecular flexibility index (Phi) is 14.1. The van der Waals surface area contributed by atoms with Gasteiger partial charge in [-0.25, -0.2) is 22.7 Å². The second-order valence-electron chi connectivity index (χ2n) is 12.8. The SMILES string of the molecule is N#Cc1cc(Cl)cc2c1C[C@H](N1CCNCC1)[C@H]2Oc1ccc(S(=O)(=O)NCCOCCOCCNC(=O)NC2CCC(NC(N)=O)CC2)cc1. The summed E-state index contributed by atoms with van der Waals surface area (Å²) in [6, 6.07) is 11.4. The average molecular weight is 747 g/mol. The van der Waals surface area contributed by atoms with Gasteiger partial charge in [-0.05, 0) is 79.6 Å². The van der Waals surface area contributed by atoms with Gasteiger partial charge in [-0.15, -0.1) is 0 Å². The smallest absolute Gasteiger partial charge is 0.315 e. The van der Waals surface area contributed by atoms with Gasteiger partial charge in [0.15, 0.2) is 0 Å². The molecule has 3 aliphatic rings. The first-order chi connectivity index (χ1) is 24.6. The van der Waals surface area contributed by atoms with Crippen molar-refractivity contribution in [3.05, 3.63) is 58.1 Å². The van der Waals surface area contributed by atoms with Crippen LogP contribution < -0.4 is 36.5 Å². The molecule has 1 saturated carbocycles. The molecular formula is C34H47ClN8O7S. The molecule has 7 N–H and O–H groups in total. The summed E-state index contributed by atoms with van der Waals surface area (Å²) in [5.74, 6) is 0.517. The molecule has 2 aliphatic carbocycles. The third-order valence-electron chi connectivity index (χ3n) is 9.31. The first-order valence-electron chi connectivity index (χ1n) is 17.3. The number of nitrogens with one attached hydrogen (secondary N) is 5. The molecule has 0 aromatic heterocycles. The Morgan fingerprint density at radius 1 is 0.961 bits per heavy atom. The highest BCUT2D eigenvalue weighted by Gasteiger charge is 2.40. The Hall–Kier alpha value is -3.69. The van der Waals surface area contributed by atoms with Crippen molar-refractivity contribution in [2.45, 2.75) is 61.2 Å². The van der Waals surface area contributed by atoms with E-state index < -0.39 is 16.1 Å². The summed E-state index contributed by atoms with van der Waals surface area (Å²) in [4.78, 5) is 25.6. The summed E-state index contributed by atoms with van der Waals surface area (Å²) in [5.41, 5.74) is 7.54. The number of nitriles is 1. The van der Waals surface area contributed by atoms with Crippen molar-refractivity contribution in [1.29, 1.82) is 5.26 Å². The normalized spacial score (nSPS) is 22.0. The summed E-state index contributed by atoms with van der Waals surface area (Å²) in [6.45, 7) is 4.87. The largest absolute Gasteiger partial charge is 0.484 e. The Labute approximate surface area is 303 Å². The maximum Gasteiger partial charge on any atom is 0.315 e. The number of carbonyl (C=O) groups is 2. The number of carbonyl (C=O) groups excluding carboxylic acids is 2. The summed E-state index contributed by atoms with van der Waals surface area (Å²) in [5, 5.41) is 22.0. The van der Waals surface area contributed by atoms with Crippen molar-refractivity contribution in [3.63, 3.8) is 0 Å². The number of piperazine rings is 1. The van der Waals surface area contributed by atoms with E-state index in [1.165, 1.54) is 12.1 Å². The van der Waals surface area contributed by atoms with E-state index in [4.69, 9.17) is 31.5 Å². The van der Waals surface area contributed by atoms with Gasteiger partial charge in [-0.2, -0.15) is 5.26 Å². The maximum absolute atomic E-state index is 12.9. The summed E-state index contributed by atoms with van der Waals surface area (Å²) in [6.07, 6.45) is 3.36. The molecule has 5 rings (SSSR count). The number of sulfonamides is 1. The molecule has 0 spiro atoms. The number of nitrogens with two attached hydrogens (primary N) is 1. The van der Waals surface area contributed by atoms with Gasteiger partial charge >= 0.3 is 12.1 Å². The van der Waals surface area contributed by atoms with E-state index in [0.29, 0.717) is 42.5 Å². The zero-order valence-electron chi connectivity index (χ0n) is 28.5. The van der Waals surface area contributed by atoms with Gasteiger partial charge in [-0.3, -0.25) is 4.90 Å². The maximum atomic E-state index is 12.9. The number of primary amides is 1. The minimum Gasteiger partial charge on any atom is -0.484 e. The zero-order valence-corrected chi connectivity index (χ0v) is 30.1. The van der Waals surface area contributed by atoms with Crippen LogP contribution in [0, 0.1) is 11.3 Å². The lowest BCUT2D eigenvalue weighted by atomic mass is 9.91. The van der Waals surface area contributed by atoms with Gasteiger partial charge in [0.05, 0.1) is 49.0 Å². The number of urea groups is 2. The van der Waals surface area contributed by atoms with Crippen LogP contribution in [0.15, 0.2) is 41.3 Å². The predicted octanol–water partition coefficient (Wildman–Crippen LogP) is 1.75. The molecule has 2 fully saturated rings. The minimum absolute atomic E-state index is 0.0164. The third kappa shape index (κ3) is 11.1. The number of fused-ring (bicyclic) bond motifs is 1. The highest BCUT2D eigenvalue weighted by molar-refractivity contribution is 7.89. The molecule has 1 saturated heterocycles. The Balaban J connectivity index is 0.981. The number of hydrogen-bond donors (Lipinski definition) is 6. The van der Waals surface area contributed by atoms with Crippen LogP contribution in [0.1, 0.15) is 48.5 Å². The van der Waals surface area contributed by atoms with E-state index in [0.717, 1.165) is 63.0 Å². The molecule has 1 heterocycles. The lowest BCUT2D eigenvalue weighted by Gasteiger charge is -2.36. The molecule has 0 bridgehead atoms. The van der Waals surface area contributed by atoms with Gasteiger partial charge in [0, 0.05) is 56.4 Å². The number of nitrogens with zero attached hydrogens (tertiary/aromatic N) is 2. The van der Waals surface area contributed by atoms with E-state index in [1.54, 1.807) is 18.2 Å². The van der Waals surface area contributed by atoms with E-state index in [2.05, 4.69) is 37.0 Å². The molecule has 4 amide bonds. The predicted molar refractivity (Wildman–Crippen MR) is 190 cm³/mol. The van der Waals surface area contributed by atoms with Crippen molar-refractivity contribution in [1.82, 2.24) is 30.9 Å². The van der Waals surface area contributed by atoms with Gasteiger partial charge < -0.3 is 41.2 Å². The molecule has 278 valence electrons. The minimum atomic E-state index is -3.78. The summed E-state index contributed by atoms with van der Waals surface area (Å²) < 4.78 is 45.8. The molecule has 2 aromatic rings. The van der Waals surface area contributed by atoms with Gasteiger partial charge in [0.25, 0.3) is 0 Å². The lowest BCUT2D eigenvalue weighted by Crippen LogP contribution is -2.50. The topological polar surface area (TPSA) is 209 Å². The molecular weight excluding hydrogens is 700 g/mol. The Morgan fingerprint density at radius 2 is 1.61 bits per heavy atom. The average Bonchev–Trinajstić information content (AvgIpc) is 3.47. The van der Waals surface area contributed by atoms with E-state index >= 15 is 0 Å². The van der Waals surface area contributed by atoms with Gasteiger partial charge in [0.2, 0.25) is 10.0 Å². The molecule has 0 unspecified atom stereocenters. The molecule has 51 heavy (non-hydrogen) atoms. The molecule has 2 aromatic carbocycles. The molecule has 2 atom stereocenters. The van der Waals surface area contributed by atoms with Gasteiger partial charge in [0.1, 0.15) is 11.9 Å². The van der Waals surface area contributed by atoms with Crippen LogP contribution in [0.2, 0.25) is 5.02 Å². The molecule has 15 nitrogen and oxygen atoms in total. The van der Waals surface area contributed by atoms with Crippen LogP contribution >= 0.6 is 11.6 Å². The first kappa shape index (κ1) is 38.5. The molecule has 1 aliphatic heterocycles. The molecule has 0 radical (unpaired) electrons. The van der Waals surface area contributed by atoms with Crippen molar-refractivity contribution in [2.24, 2.45) is 5.73 Å². The Morgan fingerprint density at radius 3 is 2.25 bits per heavy atom. The standard InChI is InChI=1S/C34H47ClN8O7S/c35-24-19-23(22-36)29-21-31(43-13-9-38-10-14-43)32(30(29)20-24)50-27-5-7-28(8-6-27)51(46,47)40-12-16-49-18-17-48-15-11-39-34(45)42-26-3-1-25(2-4-26)41-33(37)44/h5-8,19-20,25-26,31-32,38,40H,1-4,9-18,21H2,(H3,37,41,44)(H2,39,42,45)/t25?,26?,31-,32-/m0/s1. The summed E-state index contributed by atoms with van der Waals surface area (Å²) >= 11 is 6.38. The third-order valence-corrected chi connectivity index (χ3v) is 11.0. The number of rotatable bonds is 16. The number of ether oxygens (including phenoxy) is 3. The monoisotopic (exact) mass is 746 g/mol. The Bertz CT molecular complexity index is 1630. The van der Waals surface area contributed by atoms with E-state index in [9.17, 15) is 23.3 Å². The fourth-order valence-corrected chi connectivity index (χ4v) is 8.03.